The highest BCUT2D eigenvalue weighted by atomic mass is 32.2. The van der Waals surface area contributed by atoms with Crippen LogP contribution in [0.2, 0.25) is 0 Å². The Kier molecular flexibility index (Phi) is 4.69. The number of hydrogen-bond acceptors (Lipinski definition) is 4. The summed E-state index contributed by atoms with van der Waals surface area (Å²) in [6, 6.07) is 14.0. The van der Waals surface area contributed by atoms with Crippen LogP contribution >= 0.6 is 0 Å². The molecule has 0 bridgehead atoms. The number of sulfonamides is 1. The van der Waals surface area contributed by atoms with Crippen LogP contribution < -0.4 is 9.62 Å². The minimum absolute atomic E-state index is 0.0310. The van der Waals surface area contributed by atoms with E-state index in [4.69, 9.17) is 0 Å². The first kappa shape index (κ1) is 17.3. The lowest BCUT2D eigenvalue weighted by Gasteiger charge is -2.17. The van der Waals surface area contributed by atoms with Crippen LogP contribution in [0, 0.1) is 0 Å². The number of carbonyl (C=O) groups is 2. The van der Waals surface area contributed by atoms with Crippen LogP contribution in [0.1, 0.15) is 23.7 Å². The minimum atomic E-state index is -3.83. The number of carbonyl (C=O) groups excluding carboxylic acids is 2. The van der Waals surface area contributed by atoms with Crippen LogP contribution in [0.4, 0.5) is 5.69 Å². The molecule has 1 saturated heterocycles. The molecule has 3 rings (SSSR count). The molecule has 1 aliphatic heterocycles. The van der Waals surface area contributed by atoms with E-state index in [-0.39, 0.29) is 16.6 Å². The van der Waals surface area contributed by atoms with E-state index < -0.39 is 16.1 Å². The number of nitrogens with zero attached hydrogens (tertiary/aromatic N) is 1. The second kappa shape index (κ2) is 6.78. The monoisotopic (exact) mass is 358 g/mol. The van der Waals surface area contributed by atoms with Crippen molar-refractivity contribution in [3.63, 3.8) is 0 Å². The first-order valence-corrected chi connectivity index (χ1v) is 9.36. The van der Waals surface area contributed by atoms with E-state index in [1.807, 2.05) is 30.3 Å². The normalized spacial score (nSPS) is 17.7. The Morgan fingerprint density at radius 1 is 1.08 bits per heavy atom. The Bertz CT molecular complexity index is 892. The topological polar surface area (TPSA) is 83.6 Å². The summed E-state index contributed by atoms with van der Waals surface area (Å²) in [4.78, 5) is 25.4. The summed E-state index contributed by atoms with van der Waals surface area (Å²) < 4.78 is 27.4. The predicted octanol–water partition coefficient (Wildman–Crippen LogP) is 1.97. The molecule has 2 aromatic carbocycles. The molecule has 1 heterocycles. The second-order valence-electron chi connectivity index (χ2n) is 5.87. The SMILES string of the molecule is CC(=O)c1ccc(S(=O)(=O)NC2CCN(c3ccccc3)C2=O)cc1. The largest absolute Gasteiger partial charge is 0.311 e. The van der Waals surface area contributed by atoms with Crippen LogP contribution in [-0.4, -0.2) is 32.7 Å². The van der Waals surface area contributed by atoms with Crippen LogP contribution in [0.3, 0.4) is 0 Å². The Balaban J connectivity index is 1.75. The molecule has 0 spiro atoms. The van der Waals surface area contributed by atoms with Crippen molar-refractivity contribution < 1.29 is 18.0 Å². The van der Waals surface area contributed by atoms with Gasteiger partial charge in [-0.1, -0.05) is 30.3 Å². The zero-order chi connectivity index (χ0) is 18.0. The summed E-state index contributed by atoms with van der Waals surface area (Å²) in [5.41, 5.74) is 1.19. The lowest BCUT2D eigenvalue weighted by atomic mass is 10.2. The third-order valence-electron chi connectivity index (χ3n) is 4.14. The number of ketones is 1. The lowest BCUT2D eigenvalue weighted by Crippen LogP contribution is -2.41. The second-order valence-corrected chi connectivity index (χ2v) is 7.58. The Morgan fingerprint density at radius 2 is 1.72 bits per heavy atom. The Morgan fingerprint density at radius 3 is 2.32 bits per heavy atom. The third kappa shape index (κ3) is 3.62. The van der Waals surface area contributed by atoms with Gasteiger partial charge in [-0.3, -0.25) is 9.59 Å². The summed E-state index contributed by atoms with van der Waals surface area (Å²) in [6.07, 6.45) is 0.401. The fourth-order valence-electron chi connectivity index (χ4n) is 2.78. The van der Waals surface area contributed by atoms with Gasteiger partial charge < -0.3 is 4.90 Å². The average Bonchev–Trinajstić information content (AvgIpc) is 2.96. The summed E-state index contributed by atoms with van der Waals surface area (Å²) in [5.74, 6) is -0.406. The van der Waals surface area contributed by atoms with Crippen LogP contribution in [0.25, 0.3) is 0 Å². The first-order chi connectivity index (χ1) is 11.9. The molecule has 1 amide bonds. The van der Waals surface area contributed by atoms with E-state index >= 15 is 0 Å². The van der Waals surface area contributed by atoms with E-state index in [0.29, 0.717) is 18.5 Å². The lowest BCUT2D eigenvalue weighted by molar-refractivity contribution is -0.118. The van der Waals surface area contributed by atoms with E-state index in [1.54, 1.807) is 4.90 Å². The van der Waals surface area contributed by atoms with E-state index in [1.165, 1.54) is 31.2 Å². The number of benzene rings is 2. The van der Waals surface area contributed by atoms with Gasteiger partial charge in [-0.05, 0) is 37.6 Å². The first-order valence-electron chi connectivity index (χ1n) is 7.88. The summed E-state index contributed by atoms with van der Waals surface area (Å²) in [7, 11) is -3.83. The van der Waals surface area contributed by atoms with Gasteiger partial charge >= 0.3 is 0 Å². The number of amides is 1. The van der Waals surface area contributed by atoms with Gasteiger partial charge in [-0.2, -0.15) is 4.72 Å². The maximum atomic E-state index is 12.5. The molecule has 25 heavy (non-hydrogen) atoms. The van der Waals surface area contributed by atoms with Crippen LogP contribution in [0.5, 0.6) is 0 Å². The Labute approximate surface area is 146 Å². The van der Waals surface area contributed by atoms with Crippen molar-refractivity contribution in [2.45, 2.75) is 24.3 Å². The number of rotatable bonds is 5. The number of nitrogens with one attached hydrogen (secondary N) is 1. The maximum Gasteiger partial charge on any atom is 0.245 e. The quantitative estimate of drug-likeness (QED) is 0.829. The minimum Gasteiger partial charge on any atom is -0.311 e. The molecule has 2 aromatic rings. The number of hydrogen-bond donors (Lipinski definition) is 1. The highest BCUT2D eigenvalue weighted by Gasteiger charge is 2.35. The van der Waals surface area contributed by atoms with Crippen molar-refractivity contribution in [1.29, 1.82) is 0 Å². The highest BCUT2D eigenvalue weighted by molar-refractivity contribution is 7.89. The molecule has 0 radical (unpaired) electrons. The van der Waals surface area contributed by atoms with Crippen molar-refractivity contribution in [1.82, 2.24) is 4.72 Å². The Hall–Kier alpha value is -2.51. The molecule has 1 fully saturated rings. The van der Waals surface area contributed by atoms with Crippen molar-refractivity contribution in [3.8, 4) is 0 Å². The highest BCUT2D eigenvalue weighted by Crippen LogP contribution is 2.22. The number of Topliss-reactive ketones (excluding diaryl/α,β-unsaturated/α-hetero) is 1. The molecule has 1 atom stereocenters. The molecule has 0 aliphatic carbocycles. The predicted molar refractivity (Wildman–Crippen MR) is 94.0 cm³/mol. The van der Waals surface area contributed by atoms with Gasteiger partial charge in [0.05, 0.1) is 4.90 Å². The van der Waals surface area contributed by atoms with E-state index in [9.17, 15) is 18.0 Å². The average molecular weight is 358 g/mol. The summed E-state index contributed by atoms with van der Waals surface area (Å²) >= 11 is 0. The molecule has 0 saturated carbocycles. The summed E-state index contributed by atoms with van der Waals surface area (Å²) in [6.45, 7) is 1.87. The van der Waals surface area contributed by atoms with Gasteiger partial charge in [0.15, 0.2) is 5.78 Å². The third-order valence-corrected chi connectivity index (χ3v) is 5.63. The van der Waals surface area contributed by atoms with Crippen molar-refractivity contribution in [2.24, 2.45) is 0 Å². The molecule has 1 N–H and O–H groups in total. The zero-order valence-electron chi connectivity index (χ0n) is 13.7. The van der Waals surface area contributed by atoms with Gasteiger partial charge in [0.1, 0.15) is 6.04 Å². The van der Waals surface area contributed by atoms with E-state index in [0.717, 1.165) is 5.69 Å². The van der Waals surface area contributed by atoms with Crippen LogP contribution in [-0.2, 0) is 14.8 Å². The van der Waals surface area contributed by atoms with Crippen LogP contribution in [0.15, 0.2) is 59.5 Å². The molecule has 130 valence electrons. The molecule has 6 nitrogen and oxygen atoms in total. The zero-order valence-corrected chi connectivity index (χ0v) is 14.5. The molecule has 0 aromatic heterocycles. The fourth-order valence-corrected chi connectivity index (χ4v) is 4.00. The molecule has 7 heteroatoms. The molecular weight excluding hydrogens is 340 g/mol. The summed E-state index contributed by atoms with van der Waals surface area (Å²) in [5, 5.41) is 0. The molecule has 1 aliphatic rings. The number of para-hydroxylation sites is 1. The van der Waals surface area contributed by atoms with Crippen molar-refractivity contribution in [2.75, 3.05) is 11.4 Å². The molecule has 1 unspecified atom stereocenters. The van der Waals surface area contributed by atoms with Gasteiger partial charge in [0.2, 0.25) is 15.9 Å². The van der Waals surface area contributed by atoms with Gasteiger partial charge in [-0.15, -0.1) is 0 Å². The van der Waals surface area contributed by atoms with E-state index in [2.05, 4.69) is 4.72 Å². The smallest absolute Gasteiger partial charge is 0.245 e. The fraction of sp³-hybridized carbons (Fsp3) is 0.222. The van der Waals surface area contributed by atoms with Gasteiger partial charge in [-0.25, -0.2) is 8.42 Å². The number of anilines is 1. The van der Waals surface area contributed by atoms with Crippen molar-refractivity contribution >= 4 is 27.4 Å². The standard InChI is InChI=1S/C18H18N2O4S/c1-13(21)14-7-9-16(10-8-14)25(23,24)19-17-11-12-20(18(17)22)15-5-3-2-4-6-15/h2-10,17,19H,11-12H2,1H3. The maximum absolute atomic E-state index is 12.5. The molecular formula is C18H18N2O4S. The van der Waals surface area contributed by atoms with Crippen molar-refractivity contribution in [3.05, 3.63) is 60.2 Å². The van der Waals surface area contributed by atoms with Gasteiger partial charge in [0.25, 0.3) is 0 Å². The van der Waals surface area contributed by atoms with Gasteiger partial charge in [0, 0.05) is 17.8 Å².